The van der Waals surface area contributed by atoms with Crippen LogP contribution in [0.5, 0.6) is 0 Å². The molecule has 1 aromatic rings. The number of likely N-dealkylation sites (N-methyl/N-ethyl adjacent to an activating group) is 1. The van der Waals surface area contributed by atoms with Crippen LogP contribution in [-0.2, 0) is 6.42 Å². The van der Waals surface area contributed by atoms with E-state index in [-0.39, 0.29) is 0 Å². The fraction of sp³-hybridized carbons (Fsp3) is 0.733. The number of hydrogen-bond donors (Lipinski definition) is 1. The van der Waals surface area contributed by atoms with Crippen LogP contribution in [0.3, 0.4) is 0 Å². The number of anilines is 2. The molecule has 0 aromatic carbocycles. The molecule has 1 aromatic heterocycles. The Morgan fingerprint density at radius 2 is 1.70 bits per heavy atom. The zero-order valence-corrected chi connectivity index (χ0v) is 13.6. The molecule has 5 heteroatoms. The lowest BCUT2D eigenvalue weighted by atomic mass is 10.2. The van der Waals surface area contributed by atoms with Crippen LogP contribution in [-0.4, -0.2) is 48.6 Å². The van der Waals surface area contributed by atoms with Gasteiger partial charge in [-0.3, -0.25) is 0 Å². The summed E-state index contributed by atoms with van der Waals surface area (Å²) >= 11 is 0. The maximum Gasteiger partial charge on any atom is 0.137 e. The van der Waals surface area contributed by atoms with Gasteiger partial charge < -0.3 is 15.5 Å². The number of hydrogen-bond acceptors (Lipinski definition) is 5. The van der Waals surface area contributed by atoms with Gasteiger partial charge in [0.2, 0.25) is 0 Å². The van der Waals surface area contributed by atoms with Gasteiger partial charge in [-0.1, -0.05) is 13.8 Å². The summed E-state index contributed by atoms with van der Waals surface area (Å²) in [6.45, 7) is 9.30. The van der Waals surface area contributed by atoms with Crippen molar-refractivity contribution in [3.05, 3.63) is 11.4 Å². The molecule has 0 aliphatic carbocycles. The van der Waals surface area contributed by atoms with Crippen LogP contribution in [0, 0.1) is 6.92 Å². The Hall–Kier alpha value is -1.36. The highest BCUT2D eigenvalue weighted by Crippen LogP contribution is 2.22. The zero-order chi connectivity index (χ0) is 15.1. The molecule has 0 bridgehead atoms. The van der Waals surface area contributed by atoms with Crippen LogP contribution in [0.2, 0.25) is 0 Å². The summed E-state index contributed by atoms with van der Waals surface area (Å²) in [6, 6.07) is 0. The van der Waals surface area contributed by atoms with Crippen LogP contribution in [0.1, 0.15) is 38.1 Å². The van der Waals surface area contributed by atoms with Gasteiger partial charge in [0.05, 0.1) is 0 Å². The van der Waals surface area contributed by atoms with Crippen molar-refractivity contribution in [2.75, 3.05) is 44.4 Å². The summed E-state index contributed by atoms with van der Waals surface area (Å²) in [4.78, 5) is 13.6. The standard InChI is InChI=1S/C15H29N5/c1-6-8-13-17-14(16)12(3)15(18-13)20(9-7-2)11-10-19(4)5/h6-11H2,1-5H3,(H2,16,17,18). The molecule has 0 amide bonds. The Balaban J connectivity index is 3.03. The third-order valence-electron chi connectivity index (χ3n) is 3.29. The molecule has 1 rings (SSSR count). The van der Waals surface area contributed by atoms with Crippen LogP contribution in [0.4, 0.5) is 11.6 Å². The van der Waals surface area contributed by atoms with E-state index in [1.165, 1.54) is 0 Å². The molecule has 0 radical (unpaired) electrons. The molecule has 0 saturated heterocycles. The van der Waals surface area contributed by atoms with E-state index in [9.17, 15) is 0 Å². The van der Waals surface area contributed by atoms with Gasteiger partial charge in [0.15, 0.2) is 0 Å². The molecule has 20 heavy (non-hydrogen) atoms. The predicted octanol–water partition coefficient (Wildman–Crippen LogP) is 2.10. The minimum absolute atomic E-state index is 0.615. The van der Waals surface area contributed by atoms with Crippen LogP contribution >= 0.6 is 0 Å². The van der Waals surface area contributed by atoms with Gasteiger partial charge in [-0.2, -0.15) is 0 Å². The second-order valence-corrected chi connectivity index (χ2v) is 5.51. The van der Waals surface area contributed by atoms with E-state index >= 15 is 0 Å². The highest BCUT2D eigenvalue weighted by molar-refractivity contribution is 5.56. The Bertz CT molecular complexity index is 417. The van der Waals surface area contributed by atoms with Crippen LogP contribution in [0.25, 0.3) is 0 Å². The Labute approximate surface area is 123 Å². The number of nitrogens with zero attached hydrogens (tertiary/aromatic N) is 4. The van der Waals surface area contributed by atoms with Gasteiger partial charge in [0.1, 0.15) is 17.5 Å². The van der Waals surface area contributed by atoms with E-state index in [0.29, 0.717) is 5.82 Å². The predicted molar refractivity (Wildman–Crippen MR) is 86.2 cm³/mol. The van der Waals surface area contributed by atoms with E-state index in [0.717, 1.165) is 56.1 Å². The lowest BCUT2D eigenvalue weighted by Gasteiger charge is -2.27. The van der Waals surface area contributed by atoms with Crippen molar-refractivity contribution in [2.24, 2.45) is 0 Å². The highest BCUT2D eigenvalue weighted by atomic mass is 15.2. The number of rotatable bonds is 8. The first-order chi connectivity index (χ1) is 9.49. The molecule has 1 heterocycles. The van der Waals surface area contributed by atoms with Gasteiger partial charge in [-0.05, 0) is 33.9 Å². The van der Waals surface area contributed by atoms with Crippen molar-refractivity contribution in [2.45, 2.75) is 40.0 Å². The average molecular weight is 279 g/mol. The molecule has 114 valence electrons. The maximum atomic E-state index is 6.05. The zero-order valence-electron chi connectivity index (χ0n) is 13.6. The Morgan fingerprint density at radius 3 is 2.25 bits per heavy atom. The molecule has 0 atom stereocenters. The summed E-state index contributed by atoms with van der Waals surface area (Å²) in [5.74, 6) is 2.48. The van der Waals surface area contributed by atoms with Crippen molar-refractivity contribution in [3.8, 4) is 0 Å². The fourth-order valence-electron chi connectivity index (χ4n) is 2.13. The SMILES string of the molecule is CCCc1nc(N)c(C)c(N(CCC)CCN(C)C)n1. The molecular weight excluding hydrogens is 250 g/mol. The lowest BCUT2D eigenvalue weighted by Crippen LogP contribution is -2.34. The smallest absolute Gasteiger partial charge is 0.137 e. The molecule has 0 spiro atoms. The van der Waals surface area contributed by atoms with Gasteiger partial charge in [0, 0.05) is 31.6 Å². The quantitative estimate of drug-likeness (QED) is 0.789. The second kappa shape index (κ2) is 8.04. The summed E-state index contributed by atoms with van der Waals surface area (Å²) < 4.78 is 0. The van der Waals surface area contributed by atoms with Crippen molar-refractivity contribution in [1.29, 1.82) is 0 Å². The first-order valence-electron chi connectivity index (χ1n) is 7.52. The summed E-state index contributed by atoms with van der Waals surface area (Å²) in [6.07, 6.45) is 3.01. The van der Waals surface area contributed by atoms with Crippen LogP contribution in [0.15, 0.2) is 0 Å². The maximum absolute atomic E-state index is 6.05. The van der Waals surface area contributed by atoms with Gasteiger partial charge >= 0.3 is 0 Å². The second-order valence-electron chi connectivity index (χ2n) is 5.51. The topological polar surface area (TPSA) is 58.3 Å². The molecule has 5 nitrogen and oxygen atoms in total. The molecule has 2 N–H and O–H groups in total. The first-order valence-corrected chi connectivity index (χ1v) is 7.52. The third kappa shape index (κ3) is 4.63. The van der Waals surface area contributed by atoms with E-state index in [2.05, 4.69) is 42.7 Å². The summed E-state index contributed by atoms with van der Waals surface area (Å²) in [5, 5.41) is 0. The first kappa shape index (κ1) is 16.7. The van der Waals surface area contributed by atoms with E-state index in [1.807, 2.05) is 6.92 Å². The van der Waals surface area contributed by atoms with Crippen LogP contribution < -0.4 is 10.6 Å². The van der Waals surface area contributed by atoms with Crippen molar-refractivity contribution in [1.82, 2.24) is 14.9 Å². The minimum atomic E-state index is 0.615. The monoisotopic (exact) mass is 279 g/mol. The highest BCUT2D eigenvalue weighted by Gasteiger charge is 2.15. The number of aryl methyl sites for hydroxylation is 1. The average Bonchev–Trinajstić information content (AvgIpc) is 2.39. The normalized spacial score (nSPS) is 11.1. The molecule has 0 aliphatic heterocycles. The fourth-order valence-corrected chi connectivity index (χ4v) is 2.13. The van der Waals surface area contributed by atoms with Crippen molar-refractivity contribution < 1.29 is 0 Å². The van der Waals surface area contributed by atoms with E-state index < -0.39 is 0 Å². The third-order valence-corrected chi connectivity index (χ3v) is 3.29. The minimum Gasteiger partial charge on any atom is -0.383 e. The number of aromatic nitrogens is 2. The van der Waals surface area contributed by atoms with E-state index in [1.54, 1.807) is 0 Å². The molecular formula is C15H29N5. The largest absolute Gasteiger partial charge is 0.383 e. The van der Waals surface area contributed by atoms with Crippen molar-refractivity contribution >= 4 is 11.6 Å². The molecule has 0 unspecified atom stereocenters. The molecule has 0 fully saturated rings. The Kier molecular flexibility index (Phi) is 6.71. The van der Waals surface area contributed by atoms with E-state index in [4.69, 9.17) is 10.7 Å². The van der Waals surface area contributed by atoms with Gasteiger partial charge in [0.25, 0.3) is 0 Å². The summed E-state index contributed by atoms with van der Waals surface area (Å²) in [7, 11) is 4.18. The summed E-state index contributed by atoms with van der Waals surface area (Å²) in [5.41, 5.74) is 7.05. The van der Waals surface area contributed by atoms with Gasteiger partial charge in [-0.25, -0.2) is 9.97 Å². The molecule has 0 saturated carbocycles. The van der Waals surface area contributed by atoms with Gasteiger partial charge in [-0.15, -0.1) is 0 Å². The number of nitrogens with two attached hydrogens (primary N) is 1. The Morgan fingerprint density at radius 1 is 1.00 bits per heavy atom. The van der Waals surface area contributed by atoms with Crippen molar-refractivity contribution in [3.63, 3.8) is 0 Å². The molecule has 0 aliphatic rings. The number of nitrogen functional groups attached to an aromatic ring is 1. The lowest BCUT2D eigenvalue weighted by molar-refractivity contribution is 0.412.